The Hall–Kier alpha value is -3.03. The molecule has 36 heavy (non-hydrogen) atoms. The summed E-state index contributed by atoms with van der Waals surface area (Å²) >= 11 is 18.4. The number of nitrogens with zero attached hydrogens (tertiary/aromatic N) is 1. The van der Waals surface area contributed by atoms with Crippen molar-refractivity contribution in [3.8, 4) is 0 Å². The molecule has 1 amide bonds. The second kappa shape index (κ2) is 10.9. The normalized spacial score (nSPS) is 11.2. The van der Waals surface area contributed by atoms with Gasteiger partial charge in [0.2, 0.25) is 0 Å². The molecule has 9 heteroatoms. The third kappa shape index (κ3) is 5.68. The average Bonchev–Trinajstić information content (AvgIpc) is 2.86. The smallest absolute Gasteiger partial charge is 0.264 e. The SMILES string of the molecule is Cc1ccc(S(=O)(=O)N(Cc2ccc(Cl)cc2)c2ccccc2C(=O)Nc2cccc(Cl)c2Cl)cc1. The molecule has 0 aromatic heterocycles. The molecule has 0 fully saturated rings. The molecule has 0 bridgehead atoms. The second-order valence-corrected chi connectivity index (χ2v) is 11.1. The lowest BCUT2D eigenvalue weighted by Gasteiger charge is -2.27. The van der Waals surface area contributed by atoms with Crippen LogP contribution in [0.15, 0.2) is 95.9 Å². The maximum atomic E-state index is 13.9. The fourth-order valence-electron chi connectivity index (χ4n) is 3.57. The van der Waals surface area contributed by atoms with Gasteiger partial charge >= 0.3 is 0 Å². The zero-order valence-corrected chi connectivity index (χ0v) is 22.2. The third-order valence-corrected chi connectivity index (χ3v) is 8.31. The highest BCUT2D eigenvalue weighted by Gasteiger charge is 2.29. The molecule has 0 aliphatic rings. The highest BCUT2D eigenvalue weighted by atomic mass is 35.5. The fourth-order valence-corrected chi connectivity index (χ4v) is 5.51. The number of aryl methyl sites for hydroxylation is 1. The van der Waals surface area contributed by atoms with Gasteiger partial charge in [-0.05, 0) is 61.0 Å². The van der Waals surface area contributed by atoms with Gasteiger partial charge in [0.1, 0.15) is 0 Å². The Morgan fingerprint density at radius 2 is 1.50 bits per heavy atom. The van der Waals surface area contributed by atoms with E-state index in [0.29, 0.717) is 16.3 Å². The molecule has 0 atom stereocenters. The first-order valence-corrected chi connectivity index (χ1v) is 13.4. The van der Waals surface area contributed by atoms with Crippen LogP contribution in [0.4, 0.5) is 11.4 Å². The molecule has 4 aromatic carbocycles. The lowest BCUT2D eigenvalue weighted by atomic mass is 10.1. The minimum Gasteiger partial charge on any atom is -0.321 e. The molecule has 4 aromatic rings. The highest BCUT2D eigenvalue weighted by Crippen LogP contribution is 2.33. The minimum absolute atomic E-state index is 0.0183. The Kier molecular flexibility index (Phi) is 7.91. The van der Waals surface area contributed by atoms with Crippen molar-refractivity contribution >= 4 is 62.1 Å². The topological polar surface area (TPSA) is 66.5 Å². The first-order chi connectivity index (χ1) is 17.2. The Morgan fingerprint density at radius 1 is 0.833 bits per heavy atom. The second-order valence-electron chi connectivity index (χ2n) is 8.02. The van der Waals surface area contributed by atoms with Crippen LogP contribution in [0.2, 0.25) is 15.1 Å². The van der Waals surface area contributed by atoms with Crippen molar-refractivity contribution in [1.82, 2.24) is 0 Å². The molecule has 0 saturated heterocycles. The lowest BCUT2D eigenvalue weighted by Crippen LogP contribution is -2.32. The van der Waals surface area contributed by atoms with E-state index in [2.05, 4.69) is 5.32 Å². The van der Waals surface area contributed by atoms with Crippen LogP contribution in [-0.2, 0) is 16.6 Å². The van der Waals surface area contributed by atoms with E-state index in [4.69, 9.17) is 34.8 Å². The number of amides is 1. The summed E-state index contributed by atoms with van der Waals surface area (Å²) in [6.07, 6.45) is 0. The van der Waals surface area contributed by atoms with E-state index in [1.54, 1.807) is 91.0 Å². The van der Waals surface area contributed by atoms with E-state index < -0.39 is 15.9 Å². The van der Waals surface area contributed by atoms with E-state index in [-0.39, 0.29) is 32.7 Å². The Labute approximate surface area is 225 Å². The summed E-state index contributed by atoms with van der Waals surface area (Å²) in [7, 11) is -4.05. The number of halogens is 3. The zero-order chi connectivity index (χ0) is 25.9. The predicted octanol–water partition coefficient (Wildman–Crippen LogP) is 7.60. The number of rotatable bonds is 7. The van der Waals surface area contributed by atoms with Gasteiger partial charge in [-0.25, -0.2) is 8.42 Å². The summed E-state index contributed by atoms with van der Waals surface area (Å²) < 4.78 is 29.0. The summed E-state index contributed by atoms with van der Waals surface area (Å²) in [6.45, 7) is 1.86. The van der Waals surface area contributed by atoms with Crippen LogP contribution < -0.4 is 9.62 Å². The van der Waals surface area contributed by atoms with Crippen molar-refractivity contribution < 1.29 is 13.2 Å². The van der Waals surface area contributed by atoms with Gasteiger partial charge in [-0.1, -0.05) is 82.8 Å². The molecule has 184 valence electrons. The van der Waals surface area contributed by atoms with Crippen LogP contribution in [0.1, 0.15) is 21.5 Å². The highest BCUT2D eigenvalue weighted by molar-refractivity contribution is 7.92. The molecule has 0 unspecified atom stereocenters. The molecule has 0 aliphatic heterocycles. The zero-order valence-electron chi connectivity index (χ0n) is 19.1. The summed E-state index contributed by atoms with van der Waals surface area (Å²) in [6, 6.07) is 24.8. The van der Waals surface area contributed by atoms with Gasteiger partial charge in [0.25, 0.3) is 15.9 Å². The maximum Gasteiger partial charge on any atom is 0.264 e. The molecule has 0 spiro atoms. The van der Waals surface area contributed by atoms with Crippen molar-refractivity contribution in [3.05, 3.63) is 123 Å². The summed E-state index contributed by atoms with van der Waals surface area (Å²) in [5.74, 6) is -0.532. The Bertz CT molecular complexity index is 1510. The van der Waals surface area contributed by atoms with Crippen LogP contribution in [0.25, 0.3) is 0 Å². The number of anilines is 2. The van der Waals surface area contributed by atoms with Crippen LogP contribution in [-0.4, -0.2) is 14.3 Å². The summed E-state index contributed by atoms with van der Waals surface area (Å²) in [5.41, 5.74) is 2.30. The van der Waals surface area contributed by atoms with Crippen LogP contribution in [0.5, 0.6) is 0 Å². The number of sulfonamides is 1. The molecule has 0 saturated carbocycles. The molecular weight excluding hydrogens is 539 g/mol. The van der Waals surface area contributed by atoms with Crippen LogP contribution >= 0.6 is 34.8 Å². The van der Waals surface area contributed by atoms with E-state index in [9.17, 15) is 13.2 Å². The number of hydrogen-bond acceptors (Lipinski definition) is 3. The summed E-state index contributed by atoms with van der Waals surface area (Å²) in [4.78, 5) is 13.5. The van der Waals surface area contributed by atoms with Crippen LogP contribution in [0, 0.1) is 6.92 Å². The number of carbonyl (C=O) groups excluding carboxylic acids is 1. The predicted molar refractivity (Wildman–Crippen MR) is 147 cm³/mol. The van der Waals surface area contributed by atoms with Gasteiger partial charge in [-0.3, -0.25) is 9.10 Å². The van der Waals surface area contributed by atoms with E-state index in [1.807, 2.05) is 6.92 Å². The lowest BCUT2D eigenvalue weighted by molar-refractivity contribution is 0.102. The molecule has 5 nitrogen and oxygen atoms in total. The fraction of sp³-hybridized carbons (Fsp3) is 0.0741. The van der Waals surface area contributed by atoms with Crippen molar-refractivity contribution in [2.75, 3.05) is 9.62 Å². The largest absolute Gasteiger partial charge is 0.321 e. The Morgan fingerprint density at radius 3 is 2.19 bits per heavy atom. The molecular formula is C27H21Cl3N2O3S. The monoisotopic (exact) mass is 558 g/mol. The molecule has 4 rings (SSSR count). The minimum atomic E-state index is -4.05. The van der Waals surface area contributed by atoms with Crippen molar-refractivity contribution in [1.29, 1.82) is 0 Å². The number of hydrogen-bond donors (Lipinski definition) is 1. The molecule has 0 aliphatic carbocycles. The maximum absolute atomic E-state index is 13.9. The van der Waals surface area contributed by atoms with Gasteiger partial charge in [0.15, 0.2) is 0 Å². The quantitative estimate of drug-likeness (QED) is 0.253. The van der Waals surface area contributed by atoms with Crippen molar-refractivity contribution in [2.45, 2.75) is 18.4 Å². The molecule has 1 N–H and O–H groups in total. The number of nitrogens with one attached hydrogen (secondary N) is 1. The van der Waals surface area contributed by atoms with E-state index in [1.165, 1.54) is 4.31 Å². The summed E-state index contributed by atoms with van der Waals surface area (Å²) in [5, 5.41) is 3.75. The number of benzene rings is 4. The third-order valence-electron chi connectivity index (χ3n) is 5.47. The molecule has 0 radical (unpaired) electrons. The van der Waals surface area contributed by atoms with Crippen molar-refractivity contribution in [3.63, 3.8) is 0 Å². The first kappa shape index (κ1) is 26.0. The molecule has 0 heterocycles. The standard InChI is InChI=1S/C27H21Cl3N2O3S/c1-18-9-15-21(16-10-18)36(34,35)32(17-19-11-13-20(28)14-12-19)25-8-3-2-5-22(25)27(33)31-24-7-4-6-23(29)26(24)30/h2-16H,17H2,1H3,(H,31,33). The van der Waals surface area contributed by atoms with Gasteiger partial charge in [0, 0.05) is 5.02 Å². The van der Waals surface area contributed by atoms with E-state index >= 15 is 0 Å². The Balaban J connectivity index is 1.80. The van der Waals surface area contributed by atoms with Gasteiger partial charge in [-0.2, -0.15) is 0 Å². The number of para-hydroxylation sites is 1. The van der Waals surface area contributed by atoms with Gasteiger partial charge in [0.05, 0.1) is 38.4 Å². The van der Waals surface area contributed by atoms with Crippen LogP contribution in [0.3, 0.4) is 0 Å². The number of carbonyl (C=O) groups is 1. The van der Waals surface area contributed by atoms with E-state index in [0.717, 1.165) is 5.56 Å². The first-order valence-electron chi connectivity index (χ1n) is 10.8. The van der Waals surface area contributed by atoms with Gasteiger partial charge in [-0.15, -0.1) is 0 Å². The van der Waals surface area contributed by atoms with Crippen molar-refractivity contribution in [2.24, 2.45) is 0 Å². The van der Waals surface area contributed by atoms with Gasteiger partial charge < -0.3 is 5.32 Å². The average molecular weight is 560 g/mol.